The third-order valence-corrected chi connectivity index (χ3v) is 5.01. The van der Waals surface area contributed by atoms with E-state index in [1.807, 2.05) is 12.4 Å². The number of piperazine rings is 1. The molecule has 1 N–H and O–H groups in total. The van der Waals surface area contributed by atoms with E-state index in [4.69, 9.17) is 4.74 Å². The minimum atomic E-state index is -0.270. The number of nitrogens with zero attached hydrogens (tertiary/aromatic N) is 5. The highest BCUT2D eigenvalue weighted by molar-refractivity contribution is 4.93. The fourth-order valence-corrected chi connectivity index (χ4v) is 3.55. The maximum atomic E-state index is 10.3. The normalized spacial score (nSPS) is 22.8. The van der Waals surface area contributed by atoms with E-state index in [1.165, 1.54) is 0 Å². The van der Waals surface area contributed by atoms with Crippen molar-refractivity contribution in [1.82, 2.24) is 24.3 Å². The number of rotatable bonds is 7. The molecule has 0 amide bonds. The topological polar surface area (TPSA) is 57.0 Å². The maximum absolute atomic E-state index is 10.3. The Morgan fingerprint density at radius 1 is 1.04 bits per heavy atom. The summed E-state index contributed by atoms with van der Waals surface area (Å²) in [5.74, 6) is 1.15. The maximum Gasteiger partial charge on any atom is 0.122 e. The molecule has 0 aromatic carbocycles. The number of aromatic nitrogens is 2. The predicted octanol–water partition coefficient (Wildman–Crippen LogP) is -0.286. The molecular weight excluding hydrogens is 306 g/mol. The van der Waals surface area contributed by atoms with E-state index in [0.717, 1.165) is 84.5 Å². The first-order valence-corrected chi connectivity index (χ1v) is 9.17. The highest BCUT2D eigenvalue weighted by Crippen LogP contribution is 2.09. The molecule has 1 aromatic heterocycles. The molecule has 7 nitrogen and oxygen atoms in total. The monoisotopic (exact) mass is 337 g/mol. The van der Waals surface area contributed by atoms with Crippen LogP contribution < -0.4 is 0 Å². The molecule has 1 atom stereocenters. The molecule has 3 rings (SSSR count). The highest BCUT2D eigenvalue weighted by atomic mass is 16.5. The summed E-state index contributed by atoms with van der Waals surface area (Å²) >= 11 is 0. The van der Waals surface area contributed by atoms with E-state index in [-0.39, 0.29) is 6.10 Å². The van der Waals surface area contributed by atoms with Crippen LogP contribution in [0.5, 0.6) is 0 Å². The number of β-amino-alcohol motifs (C(OH)–C–C–N with tert-alkyl or cyclic N) is 1. The summed E-state index contributed by atoms with van der Waals surface area (Å²) in [7, 11) is 0. The number of aliphatic hydroxyl groups is 1. The Kier molecular flexibility index (Phi) is 6.62. The van der Waals surface area contributed by atoms with Crippen molar-refractivity contribution in [2.45, 2.75) is 26.1 Å². The van der Waals surface area contributed by atoms with Gasteiger partial charge in [0.25, 0.3) is 0 Å². The van der Waals surface area contributed by atoms with Crippen LogP contribution in [0.3, 0.4) is 0 Å². The summed E-state index contributed by atoms with van der Waals surface area (Å²) < 4.78 is 7.56. The van der Waals surface area contributed by atoms with Crippen molar-refractivity contribution in [3.05, 3.63) is 18.2 Å². The molecule has 0 bridgehead atoms. The first kappa shape index (κ1) is 17.8. The highest BCUT2D eigenvalue weighted by Gasteiger charge is 2.22. The first-order valence-electron chi connectivity index (χ1n) is 9.17. The van der Waals surface area contributed by atoms with Crippen molar-refractivity contribution in [3.8, 4) is 0 Å². The van der Waals surface area contributed by atoms with E-state index in [0.29, 0.717) is 0 Å². The van der Waals surface area contributed by atoms with Gasteiger partial charge in [-0.15, -0.1) is 0 Å². The van der Waals surface area contributed by atoms with E-state index in [2.05, 4.69) is 31.2 Å². The molecule has 2 fully saturated rings. The van der Waals surface area contributed by atoms with Crippen LogP contribution in [-0.2, 0) is 17.8 Å². The van der Waals surface area contributed by atoms with Gasteiger partial charge in [0.15, 0.2) is 0 Å². The number of morpholine rings is 1. The van der Waals surface area contributed by atoms with Gasteiger partial charge in [-0.3, -0.25) is 14.7 Å². The predicted molar refractivity (Wildman–Crippen MR) is 92.9 cm³/mol. The summed E-state index contributed by atoms with van der Waals surface area (Å²) in [6, 6.07) is 0. The van der Waals surface area contributed by atoms with Crippen molar-refractivity contribution >= 4 is 0 Å². The molecule has 0 unspecified atom stereocenters. The first-order chi connectivity index (χ1) is 11.7. The lowest BCUT2D eigenvalue weighted by Crippen LogP contribution is -2.50. The molecule has 2 aliphatic rings. The lowest BCUT2D eigenvalue weighted by atomic mass is 10.2. The Morgan fingerprint density at radius 3 is 2.33 bits per heavy atom. The smallest absolute Gasteiger partial charge is 0.122 e. The quantitative estimate of drug-likeness (QED) is 0.738. The minimum absolute atomic E-state index is 0.270. The summed E-state index contributed by atoms with van der Waals surface area (Å²) in [6.45, 7) is 13.2. The molecule has 0 radical (unpaired) electrons. The van der Waals surface area contributed by atoms with Gasteiger partial charge >= 0.3 is 0 Å². The van der Waals surface area contributed by atoms with Crippen LogP contribution in [-0.4, -0.2) is 101 Å². The molecule has 2 saturated heterocycles. The molecule has 0 spiro atoms. The van der Waals surface area contributed by atoms with Gasteiger partial charge in [-0.2, -0.15) is 0 Å². The van der Waals surface area contributed by atoms with Crippen molar-refractivity contribution in [1.29, 1.82) is 0 Å². The van der Waals surface area contributed by atoms with Crippen molar-refractivity contribution < 1.29 is 9.84 Å². The molecule has 7 heteroatoms. The number of ether oxygens (including phenoxy) is 1. The number of aryl methyl sites for hydroxylation is 1. The SMILES string of the molecule is CCn1ccnc1CN1CCN(C[C@@H](O)CN2CCOCC2)CC1. The molecule has 24 heavy (non-hydrogen) atoms. The summed E-state index contributed by atoms with van der Waals surface area (Å²) in [5, 5.41) is 10.3. The average molecular weight is 337 g/mol. The number of hydrogen-bond donors (Lipinski definition) is 1. The zero-order valence-corrected chi connectivity index (χ0v) is 14.8. The van der Waals surface area contributed by atoms with E-state index in [9.17, 15) is 5.11 Å². The van der Waals surface area contributed by atoms with Crippen LogP contribution in [0, 0.1) is 0 Å². The van der Waals surface area contributed by atoms with E-state index >= 15 is 0 Å². The number of hydrogen-bond acceptors (Lipinski definition) is 6. The van der Waals surface area contributed by atoms with Crippen molar-refractivity contribution in [3.63, 3.8) is 0 Å². The Hall–Kier alpha value is -0.990. The lowest BCUT2D eigenvalue weighted by Gasteiger charge is -2.36. The van der Waals surface area contributed by atoms with Gasteiger partial charge in [0.2, 0.25) is 0 Å². The largest absolute Gasteiger partial charge is 0.390 e. The molecule has 1 aromatic rings. The van der Waals surface area contributed by atoms with Gasteiger partial charge in [-0.05, 0) is 6.92 Å². The Balaban J connectivity index is 1.37. The van der Waals surface area contributed by atoms with Gasteiger partial charge in [0.05, 0.1) is 25.9 Å². The third kappa shape index (κ3) is 5.00. The van der Waals surface area contributed by atoms with Gasteiger partial charge in [0.1, 0.15) is 5.82 Å². The van der Waals surface area contributed by atoms with Gasteiger partial charge < -0.3 is 14.4 Å². The molecule has 2 aliphatic heterocycles. The molecule has 3 heterocycles. The summed E-state index contributed by atoms with van der Waals surface area (Å²) in [6.07, 6.45) is 3.67. The second-order valence-electron chi connectivity index (χ2n) is 6.77. The second-order valence-corrected chi connectivity index (χ2v) is 6.77. The van der Waals surface area contributed by atoms with Crippen LogP contribution in [0.1, 0.15) is 12.7 Å². The summed E-state index contributed by atoms with van der Waals surface area (Å²) in [4.78, 5) is 11.6. The Bertz CT molecular complexity index is 481. The zero-order chi connectivity index (χ0) is 16.8. The Morgan fingerprint density at radius 2 is 1.67 bits per heavy atom. The molecule has 0 aliphatic carbocycles. The van der Waals surface area contributed by atoms with Gasteiger partial charge in [0, 0.05) is 71.3 Å². The molecular formula is C17H31N5O2. The standard InChI is InChI=1S/C17H31N5O2/c1-2-22-4-3-18-17(22)15-20-7-5-19(6-8-20)13-16(23)14-21-9-11-24-12-10-21/h3-4,16,23H,2,5-15H2,1H3/t16-/m1/s1. The third-order valence-electron chi connectivity index (χ3n) is 5.01. The van der Waals surface area contributed by atoms with Gasteiger partial charge in [-0.1, -0.05) is 0 Å². The van der Waals surface area contributed by atoms with Crippen LogP contribution in [0.25, 0.3) is 0 Å². The zero-order valence-electron chi connectivity index (χ0n) is 14.8. The fraction of sp³-hybridized carbons (Fsp3) is 0.824. The minimum Gasteiger partial charge on any atom is -0.390 e. The van der Waals surface area contributed by atoms with Crippen molar-refractivity contribution in [2.75, 3.05) is 65.6 Å². The van der Waals surface area contributed by atoms with Crippen LogP contribution in [0.15, 0.2) is 12.4 Å². The summed E-state index contributed by atoms with van der Waals surface area (Å²) in [5.41, 5.74) is 0. The number of imidazole rings is 1. The van der Waals surface area contributed by atoms with Crippen molar-refractivity contribution in [2.24, 2.45) is 0 Å². The molecule has 136 valence electrons. The lowest BCUT2D eigenvalue weighted by molar-refractivity contribution is 0.00205. The van der Waals surface area contributed by atoms with Crippen LogP contribution >= 0.6 is 0 Å². The molecule has 0 saturated carbocycles. The van der Waals surface area contributed by atoms with Crippen LogP contribution in [0.4, 0.5) is 0 Å². The van der Waals surface area contributed by atoms with Crippen LogP contribution in [0.2, 0.25) is 0 Å². The van der Waals surface area contributed by atoms with E-state index in [1.54, 1.807) is 0 Å². The average Bonchev–Trinajstić information content (AvgIpc) is 3.04. The van der Waals surface area contributed by atoms with Gasteiger partial charge in [-0.25, -0.2) is 4.98 Å². The van der Waals surface area contributed by atoms with E-state index < -0.39 is 0 Å². The number of aliphatic hydroxyl groups excluding tert-OH is 1. The fourth-order valence-electron chi connectivity index (χ4n) is 3.55. The second kappa shape index (κ2) is 8.92. The Labute approximate surface area is 144 Å².